The second-order valence-corrected chi connectivity index (χ2v) is 5.01. The van der Waals surface area contributed by atoms with Crippen LogP contribution in [-0.2, 0) is 4.79 Å². The molecule has 1 nitrogen and oxygen atoms in total. The minimum atomic E-state index is 0.856. The summed E-state index contributed by atoms with van der Waals surface area (Å²) in [4.78, 5) is 10.0. The Morgan fingerprint density at radius 1 is 0.875 bits per heavy atom. The summed E-state index contributed by atoms with van der Waals surface area (Å²) in [6.45, 7) is 4.60. The number of hydrogen-bond acceptors (Lipinski definition) is 1. The second kappa shape index (κ2) is 12.5. The Balaban J connectivity index is 2.98. The van der Waals surface area contributed by atoms with E-state index in [1.807, 2.05) is 6.08 Å². The summed E-state index contributed by atoms with van der Waals surface area (Å²) in [7, 11) is 0. The molecule has 0 aromatic carbocycles. The zero-order valence-corrected chi connectivity index (χ0v) is 11.1. The van der Waals surface area contributed by atoms with Crippen LogP contribution in [0.1, 0.15) is 71.6 Å². The van der Waals surface area contributed by atoms with Gasteiger partial charge in [-0.15, -0.1) is 0 Å². The van der Waals surface area contributed by atoms with Crippen molar-refractivity contribution in [3.8, 4) is 0 Å². The molecule has 0 aliphatic carbocycles. The van der Waals surface area contributed by atoms with Crippen molar-refractivity contribution in [2.75, 3.05) is 0 Å². The normalized spacial score (nSPS) is 11.4. The molecular weight excluding hydrogens is 196 g/mol. The van der Waals surface area contributed by atoms with Gasteiger partial charge in [-0.2, -0.15) is 0 Å². The molecular formula is C15H28O. The van der Waals surface area contributed by atoms with E-state index in [9.17, 15) is 4.79 Å². The Kier molecular flexibility index (Phi) is 12.0. The van der Waals surface area contributed by atoms with Gasteiger partial charge in [0.1, 0.15) is 6.29 Å². The summed E-state index contributed by atoms with van der Waals surface area (Å²) in [6, 6.07) is 0. The van der Waals surface area contributed by atoms with E-state index in [1.165, 1.54) is 51.4 Å². The molecule has 0 heterocycles. The van der Waals surface area contributed by atoms with Crippen LogP contribution in [0.5, 0.6) is 0 Å². The first kappa shape index (κ1) is 15.4. The van der Waals surface area contributed by atoms with Crippen molar-refractivity contribution < 1.29 is 4.79 Å². The number of unbranched alkanes of at least 4 members (excludes halogenated alkanes) is 7. The lowest BCUT2D eigenvalue weighted by atomic mass is 10.0. The molecule has 0 fully saturated rings. The number of carbonyl (C=O) groups excluding carboxylic acids is 1. The van der Waals surface area contributed by atoms with Crippen LogP contribution in [0.15, 0.2) is 12.2 Å². The van der Waals surface area contributed by atoms with Crippen LogP contribution in [0.25, 0.3) is 0 Å². The van der Waals surface area contributed by atoms with Crippen molar-refractivity contribution in [2.45, 2.75) is 71.6 Å². The van der Waals surface area contributed by atoms with Gasteiger partial charge < -0.3 is 0 Å². The molecule has 0 spiro atoms. The van der Waals surface area contributed by atoms with E-state index >= 15 is 0 Å². The zero-order chi connectivity index (χ0) is 12.1. The molecule has 0 atom stereocenters. The van der Waals surface area contributed by atoms with E-state index in [0.29, 0.717) is 0 Å². The van der Waals surface area contributed by atoms with E-state index in [-0.39, 0.29) is 0 Å². The smallest absolute Gasteiger partial charge is 0.142 e. The fraction of sp³-hybridized carbons (Fsp3) is 0.800. The fourth-order valence-corrected chi connectivity index (χ4v) is 1.85. The van der Waals surface area contributed by atoms with Gasteiger partial charge in [-0.05, 0) is 24.8 Å². The second-order valence-electron chi connectivity index (χ2n) is 5.01. The van der Waals surface area contributed by atoms with E-state index in [0.717, 1.165) is 18.6 Å². The summed E-state index contributed by atoms with van der Waals surface area (Å²) in [5, 5.41) is 0. The average molecular weight is 224 g/mol. The first-order valence-corrected chi connectivity index (χ1v) is 6.87. The van der Waals surface area contributed by atoms with Gasteiger partial charge in [0.25, 0.3) is 0 Å². The standard InChI is InChI=1S/C15H28O/c1-15(2)13-11-9-7-5-3-4-6-8-10-12-14-16/h10,12,14-15H,3-9,11,13H2,1-2H3/b12-10+. The molecule has 0 bridgehead atoms. The Hall–Kier alpha value is -0.590. The van der Waals surface area contributed by atoms with Crippen molar-refractivity contribution in [3.63, 3.8) is 0 Å². The maximum atomic E-state index is 10.0. The Bertz CT molecular complexity index is 170. The van der Waals surface area contributed by atoms with E-state index in [2.05, 4.69) is 13.8 Å². The highest BCUT2D eigenvalue weighted by molar-refractivity contribution is 5.64. The first-order valence-electron chi connectivity index (χ1n) is 6.87. The van der Waals surface area contributed by atoms with Gasteiger partial charge in [-0.25, -0.2) is 0 Å². The summed E-state index contributed by atoms with van der Waals surface area (Å²) in [5.41, 5.74) is 0. The fourth-order valence-electron chi connectivity index (χ4n) is 1.85. The molecule has 16 heavy (non-hydrogen) atoms. The highest BCUT2D eigenvalue weighted by Gasteiger charge is 1.94. The molecule has 0 rings (SSSR count). The number of carbonyl (C=O) groups is 1. The maximum Gasteiger partial charge on any atom is 0.142 e. The van der Waals surface area contributed by atoms with Gasteiger partial charge in [-0.1, -0.05) is 64.9 Å². The number of rotatable bonds is 11. The van der Waals surface area contributed by atoms with Gasteiger partial charge in [0.15, 0.2) is 0 Å². The molecule has 0 radical (unpaired) electrons. The Morgan fingerprint density at radius 2 is 1.44 bits per heavy atom. The van der Waals surface area contributed by atoms with Crippen LogP contribution < -0.4 is 0 Å². The van der Waals surface area contributed by atoms with Gasteiger partial charge in [-0.3, -0.25) is 4.79 Å². The van der Waals surface area contributed by atoms with Crippen molar-refractivity contribution >= 4 is 6.29 Å². The summed E-state index contributed by atoms with van der Waals surface area (Å²) >= 11 is 0. The van der Waals surface area contributed by atoms with Crippen molar-refractivity contribution in [1.29, 1.82) is 0 Å². The van der Waals surface area contributed by atoms with E-state index in [1.54, 1.807) is 6.08 Å². The van der Waals surface area contributed by atoms with Crippen LogP contribution in [0, 0.1) is 5.92 Å². The van der Waals surface area contributed by atoms with Crippen LogP contribution in [0.4, 0.5) is 0 Å². The third-order valence-electron chi connectivity index (χ3n) is 2.87. The molecule has 0 amide bonds. The van der Waals surface area contributed by atoms with Crippen LogP contribution in [0.2, 0.25) is 0 Å². The lowest BCUT2D eigenvalue weighted by molar-refractivity contribution is -0.104. The molecule has 0 unspecified atom stereocenters. The largest absolute Gasteiger partial charge is 0.299 e. The minimum absolute atomic E-state index is 0.856. The third-order valence-corrected chi connectivity index (χ3v) is 2.87. The van der Waals surface area contributed by atoms with Crippen molar-refractivity contribution in [1.82, 2.24) is 0 Å². The van der Waals surface area contributed by atoms with Crippen LogP contribution >= 0.6 is 0 Å². The van der Waals surface area contributed by atoms with E-state index in [4.69, 9.17) is 0 Å². The molecule has 0 aliphatic rings. The molecule has 1 heteroatoms. The molecule has 0 aromatic rings. The lowest BCUT2D eigenvalue weighted by Crippen LogP contribution is -1.87. The minimum Gasteiger partial charge on any atom is -0.299 e. The van der Waals surface area contributed by atoms with Gasteiger partial charge in [0.05, 0.1) is 0 Å². The predicted molar refractivity (Wildman–Crippen MR) is 71.6 cm³/mol. The average Bonchev–Trinajstić information content (AvgIpc) is 2.25. The van der Waals surface area contributed by atoms with Crippen molar-refractivity contribution in [3.05, 3.63) is 12.2 Å². The summed E-state index contributed by atoms with van der Waals surface area (Å²) in [5.74, 6) is 0.865. The molecule has 0 aromatic heterocycles. The van der Waals surface area contributed by atoms with E-state index < -0.39 is 0 Å². The number of aldehydes is 1. The SMILES string of the molecule is CC(C)CCCCCCCCC/C=C/C=O. The first-order chi connectivity index (χ1) is 7.77. The summed E-state index contributed by atoms with van der Waals surface area (Å²) < 4.78 is 0. The third kappa shape index (κ3) is 13.4. The molecule has 0 saturated heterocycles. The zero-order valence-electron chi connectivity index (χ0n) is 11.1. The lowest BCUT2D eigenvalue weighted by Gasteiger charge is -2.04. The molecule has 0 saturated carbocycles. The molecule has 94 valence electrons. The van der Waals surface area contributed by atoms with Gasteiger partial charge in [0, 0.05) is 0 Å². The topological polar surface area (TPSA) is 17.1 Å². The monoisotopic (exact) mass is 224 g/mol. The highest BCUT2D eigenvalue weighted by Crippen LogP contribution is 2.12. The maximum absolute atomic E-state index is 10.0. The van der Waals surface area contributed by atoms with Gasteiger partial charge in [0.2, 0.25) is 0 Å². The van der Waals surface area contributed by atoms with Crippen LogP contribution in [-0.4, -0.2) is 6.29 Å². The molecule has 0 N–H and O–H groups in total. The molecule has 0 aliphatic heterocycles. The Labute approximate surface area is 101 Å². The number of hydrogen-bond donors (Lipinski definition) is 0. The quantitative estimate of drug-likeness (QED) is 0.277. The number of allylic oxidation sites excluding steroid dienone is 2. The van der Waals surface area contributed by atoms with Crippen molar-refractivity contribution in [2.24, 2.45) is 5.92 Å². The predicted octanol–water partition coefficient (Wildman–Crippen LogP) is 4.91. The highest BCUT2D eigenvalue weighted by atomic mass is 16.1. The summed E-state index contributed by atoms with van der Waals surface area (Å²) in [6.07, 6.45) is 16.4. The van der Waals surface area contributed by atoms with Gasteiger partial charge >= 0.3 is 0 Å². The Morgan fingerprint density at radius 3 is 2.00 bits per heavy atom. The van der Waals surface area contributed by atoms with Crippen LogP contribution in [0.3, 0.4) is 0 Å².